The van der Waals surface area contributed by atoms with E-state index in [1.54, 1.807) is 24.4 Å². The molecule has 1 heterocycles. The van der Waals surface area contributed by atoms with Gasteiger partial charge in [-0.3, -0.25) is 9.48 Å². The molecule has 2 rings (SSSR count). The van der Waals surface area contributed by atoms with Crippen LogP contribution in [0.15, 0.2) is 36.5 Å². The number of aromatic nitrogens is 2. The summed E-state index contributed by atoms with van der Waals surface area (Å²) in [7, 11) is 1.89. The smallest absolute Gasteiger partial charge is 0.307 e. The average Bonchev–Trinajstić information content (AvgIpc) is 2.75. The standard InChI is InChI=1S/C14H16N2O3/c1-16-12(5-7-15-16)6-8-19-13-4-2-3-11(9-13)10-14(17)18/h2-5,7,9H,6,8,10H2,1H3,(H,17,18). The second-order valence-electron chi connectivity index (χ2n) is 4.26. The van der Waals surface area contributed by atoms with E-state index in [4.69, 9.17) is 9.84 Å². The summed E-state index contributed by atoms with van der Waals surface area (Å²) >= 11 is 0. The summed E-state index contributed by atoms with van der Waals surface area (Å²) in [5.74, 6) is -0.145. The van der Waals surface area contributed by atoms with Gasteiger partial charge in [0.15, 0.2) is 0 Å². The van der Waals surface area contributed by atoms with Gasteiger partial charge in [0.25, 0.3) is 0 Å². The summed E-state index contributed by atoms with van der Waals surface area (Å²) in [4.78, 5) is 10.6. The van der Waals surface area contributed by atoms with Gasteiger partial charge >= 0.3 is 5.97 Å². The van der Waals surface area contributed by atoms with Gasteiger partial charge in [-0.2, -0.15) is 5.10 Å². The lowest BCUT2D eigenvalue weighted by atomic mass is 10.1. The Morgan fingerprint density at radius 3 is 2.95 bits per heavy atom. The second-order valence-corrected chi connectivity index (χ2v) is 4.26. The van der Waals surface area contributed by atoms with Crippen LogP contribution in [0.3, 0.4) is 0 Å². The Hall–Kier alpha value is -2.30. The zero-order valence-corrected chi connectivity index (χ0v) is 10.7. The van der Waals surface area contributed by atoms with E-state index in [1.807, 2.05) is 23.9 Å². The van der Waals surface area contributed by atoms with Gasteiger partial charge < -0.3 is 9.84 Å². The number of aryl methyl sites for hydroxylation is 1. The van der Waals surface area contributed by atoms with Crippen molar-refractivity contribution in [1.82, 2.24) is 9.78 Å². The number of carboxylic acid groups (broad SMARTS) is 1. The van der Waals surface area contributed by atoms with Crippen LogP contribution >= 0.6 is 0 Å². The lowest BCUT2D eigenvalue weighted by molar-refractivity contribution is -0.136. The number of hydrogen-bond acceptors (Lipinski definition) is 3. The van der Waals surface area contributed by atoms with Gasteiger partial charge in [-0.1, -0.05) is 12.1 Å². The van der Waals surface area contributed by atoms with Crippen LogP contribution in [0, 0.1) is 0 Å². The molecule has 5 heteroatoms. The van der Waals surface area contributed by atoms with Crippen LogP contribution < -0.4 is 4.74 Å². The number of carbonyl (C=O) groups is 1. The van der Waals surface area contributed by atoms with Gasteiger partial charge in [-0.25, -0.2) is 0 Å². The number of carboxylic acids is 1. The molecule has 0 saturated carbocycles. The fraction of sp³-hybridized carbons (Fsp3) is 0.286. The zero-order valence-electron chi connectivity index (χ0n) is 10.7. The molecule has 1 N–H and O–H groups in total. The Balaban J connectivity index is 1.89. The monoisotopic (exact) mass is 260 g/mol. The first kappa shape index (κ1) is 13.1. The maximum atomic E-state index is 10.6. The van der Waals surface area contributed by atoms with Crippen LogP contribution in [0.25, 0.3) is 0 Å². The molecule has 1 aromatic heterocycles. The first-order valence-corrected chi connectivity index (χ1v) is 6.05. The third kappa shape index (κ3) is 3.84. The van der Waals surface area contributed by atoms with Crippen molar-refractivity contribution < 1.29 is 14.6 Å². The lowest BCUT2D eigenvalue weighted by Gasteiger charge is -2.07. The first-order chi connectivity index (χ1) is 9.15. The van der Waals surface area contributed by atoms with Gasteiger partial charge in [-0.15, -0.1) is 0 Å². The van der Waals surface area contributed by atoms with Crippen LogP contribution in [-0.4, -0.2) is 27.5 Å². The fourth-order valence-electron chi connectivity index (χ4n) is 1.84. The van der Waals surface area contributed by atoms with Crippen LogP contribution in [0.4, 0.5) is 0 Å². The minimum absolute atomic E-state index is 0.0128. The fourth-order valence-corrected chi connectivity index (χ4v) is 1.84. The maximum Gasteiger partial charge on any atom is 0.307 e. The van der Waals surface area contributed by atoms with E-state index in [0.717, 1.165) is 17.7 Å². The van der Waals surface area contributed by atoms with Gasteiger partial charge in [-0.05, 0) is 23.8 Å². The minimum Gasteiger partial charge on any atom is -0.493 e. The highest BCUT2D eigenvalue weighted by Gasteiger charge is 2.03. The van der Waals surface area contributed by atoms with E-state index >= 15 is 0 Å². The number of nitrogens with zero attached hydrogens (tertiary/aromatic N) is 2. The highest BCUT2D eigenvalue weighted by molar-refractivity contribution is 5.70. The molecule has 0 saturated heterocycles. The predicted octanol–water partition coefficient (Wildman–Crippen LogP) is 1.67. The molecule has 0 fully saturated rings. The summed E-state index contributed by atoms with van der Waals surface area (Å²) in [6.45, 7) is 0.538. The normalized spacial score (nSPS) is 10.4. The third-order valence-electron chi connectivity index (χ3n) is 2.80. The SMILES string of the molecule is Cn1nccc1CCOc1cccc(CC(=O)O)c1. The number of rotatable bonds is 6. The van der Waals surface area contributed by atoms with Crippen LogP contribution in [0.1, 0.15) is 11.3 Å². The van der Waals surface area contributed by atoms with Crippen LogP contribution in [0.2, 0.25) is 0 Å². The average molecular weight is 260 g/mol. The largest absolute Gasteiger partial charge is 0.493 e. The molecule has 1 aromatic carbocycles. The Morgan fingerprint density at radius 2 is 2.26 bits per heavy atom. The molecule has 0 spiro atoms. The van der Waals surface area contributed by atoms with Crippen molar-refractivity contribution in [1.29, 1.82) is 0 Å². The Kier molecular flexibility index (Phi) is 4.18. The molecular formula is C14H16N2O3. The molecule has 0 aliphatic rings. The van der Waals surface area contributed by atoms with Gasteiger partial charge in [0, 0.05) is 25.4 Å². The van der Waals surface area contributed by atoms with E-state index in [-0.39, 0.29) is 6.42 Å². The van der Waals surface area contributed by atoms with Gasteiger partial charge in [0.05, 0.1) is 13.0 Å². The summed E-state index contributed by atoms with van der Waals surface area (Å²) in [5, 5.41) is 12.8. The van der Waals surface area contributed by atoms with Crippen LogP contribution in [0.5, 0.6) is 5.75 Å². The molecule has 5 nitrogen and oxygen atoms in total. The molecule has 0 aliphatic heterocycles. The van der Waals surface area contributed by atoms with Crippen LogP contribution in [-0.2, 0) is 24.7 Å². The van der Waals surface area contributed by atoms with E-state index < -0.39 is 5.97 Å². The Labute approximate surface area is 111 Å². The number of hydrogen-bond donors (Lipinski definition) is 1. The molecule has 2 aromatic rings. The van der Waals surface area contributed by atoms with Crippen molar-refractivity contribution >= 4 is 5.97 Å². The Bertz CT molecular complexity index is 563. The number of ether oxygens (including phenoxy) is 1. The molecule has 0 amide bonds. The van der Waals surface area contributed by atoms with Gasteiger partial charge in [0.2, 0.25) is 0 Å². The minimum atomic E-state index is -0.841. The zero-order chi connectivity index (χ0) is 13.7. The molecule has 0 atom stereocenters. The predicted molar refractivity (Wildman–Crippen MR) is 70.2 cm³/mol. The molecule has 0 aliphatic carbocycles. The molecule has 19 heavy (non-hydrogen) atoms. The lowest BCUT2D eigenvalue weighted by Crippen LogP contribution is -2.06. The molecular weight excluding hydrogens is 244 g/mol. The molecule has 0 bridgehead atoms. The maximum absolute atomic E-state index is 10.6. The number of aliphatic carboxylic acids is 1. The van der Waals surface area contributed by atoms with Crippen molar-refractivity contribution in [2.75, 3.05) is 6.61 Å². The quantitative estimate of drug-likeness (QED) is 0.858. The van der Waals surface area contributed by atoms with E-state index in [9.17, 15) is 4.79 Å². The van der Waals surface area contributed by atoms with E-state index in [0.29, 0.717) is 12.4 Å². The summed E-state index contributed by atoms with van der Waals surface area (Å²) in [5.41, 5.74) is 1.84. The van der Waals surface area contributed by atoms with Crippen molar-refractivity contribution in [2.45, 2.75) is 12.8 Å². The highest BCUT2D eigenvalue weighted by atomic mass is 16.5. The summed E-state index contributed by atoms with van der Waals surface area (Å²) in [6.07, 6.45) is 2.53. The second kappa shape index (κ2) is 6.04. The first-order valence-electron chi connectivity index (χ1n) is 6.05. The molecule has 0 radical (unpaired) electrons. The highest BCUT2D eigenvalue weighted by Crippen LogP contribution is 2.14. The van der Waals surface area contributed by atoms with E-state index in [1.165, 1.54) is 0 Å². The van der Waals surface area contributed by atoms with Crippen molar-refractivity contribution in [3.8, 4) is 5.75 Å². The third-order valence-corrected chi connectivity index (χ3v) is 2.80. The van der Waals surface area contributed by atoms with Crippen molar-refractivity contribution in [3.05, 3.63) is 47.8 Å². The topological polar surface area (TPSA) is 64.4 Å². The number of benzene rings is 1. The summed E-state index contributed by atoms with van der Waals surface area (Å²) < 4.78 is 7.43. The van der Waals surface area contributed by atoms with Gasteiger partial charge in [0.1, 0.15) is 5.75 Å². The van der Waals surface area contributed by atoms with Crippen molar-refractivity contribution in [2.24, 2.45) is 7.05 Å². The Morgan fingerprint density at radius 1 is 1.42 bits per heavy atom. The molecule has 0 unspecified atom stereocenters. The van der Waals surface area contributed by atoms with E-state index in [2.05, 4.69) is 5.10 Å². The molecule has 100 valence electrons. The van der Waals surface area contributed by atoms with Crippen molar-refractivity contribution in [3.63, 3.8) is 0 Å². The summed E-state index contributed by atoms with van der Waals surface area (Å²) in [6, 6.07) is 9.12.